The molecule has 0 radical (unpaired) electrons. The summed E-state index contributed by atoms with van der Waals surface area (Å²) in [5, 5.41) is 0. The second-order valence-electron chi connectivity index (χ2n) is 12.5. The maximum Gasteiger partial charge on any atom is 0.114 e. The minimum atomic E-state index is -1.61. The monoisotopic (exact) mass is 650 g/mol. The van der Waals surface area contributed by atoms with E-state index in [0.717, 1.165) is 22.7 Å². The topological polar surface area (TPSA) is 36.9 Å². The number of rotatable bonds is 22. The van der Waals surface area contributed by atoms with Crippen molar-refractivity contribution in [3.8, 4) is 0 Å². The van der Waals surface area contributed by atoms with Crippen LogP contribution in [0.5, 0.6) is 0 Å². The van der Waals surface area contributed by atoms with Gasteiger partial charge in [-0.15, -0.1) is 6.58 Å². The van der Waals surface area contributed by atoms with Crippen molar-refractivity contribution in [2.45, 2.75) is 89.7 Å². The molecule has 5 heteroatoms. The predicted molar refractivity (Wildman–Crippen MR) is 197 cm³/mol. The van der Waals surface area contributed by atoms with Crippen molar-refractivity contribution in [3.05, 3.63) is 156 Å². The van der Waals surface area contributed by atoms with Gasteiger partial charge < -0.3 is 18.9 Å². The van der Waals surface area contributed by atoms with Gasteiger partial charge in [0.05, 0.1) is 47.2 Å². The summed E-state index contributed by atoms with van der Waals surface area (Å²) in [6, 6.07) is 46.3. The van der Waals surface area contributed by atoms with Gasteiger partial charge in [-0.3, -0.25) is 0 Å². The van der Waals surface area contributed by atoms with Gasteiger partial charge in [-0.25, -0.2) is 0 Å². The fraction of sp³-hybridized carbons (Fsp3) is 0.381. The molecule has 0 aliphatic rings. The van der Waals surface area contributed by atoms with Crippen LogP contribution in [0.25, 0.3) is 0 Å². The molecule has 0 amide bonds. The van der Waals surface area contributed by atoms with Crippen molar-refractivity contribution in [2.24, 2.45) is 5.92 Å². The van der Waals surface area contributed by atoms with Gasteiger partial charge in [-0.1, -0.05) is 166 Å². The molecule has 0 spiro atoms. The van der Waals surface area contributed by atoms with E-state index >= 15 is 0 Å². The van der Waals surface area contributed by atoms with E-state index < -0.39 is 20.3 Å². The largest absolute Gasteiger partial charge is 0.376 e. The van der Waals surface area contributed by atoms with Crippen LogP contribution in [0.2, 0.25) is 24.2 Å². The molecule has 0 unspecified atom stereocenters. The molecule has 0 saturated heterocycles. The summed E-state index contributed by atoms with van der Waals surface area (Å²) in [6.45, 7) is 13.9. The van der Waals surface area contributed by atoms with Crippen molar-refractivity contribution < 1.29 is 18.9 Å². The number of ether oxygens (including phenoxy) is 4. The molecule has 250 valence electrons. The van der Waals surface area contributed by atoms with Gasteiger partial charge in [0.15, 0.2) is 0 Å². The van der Waals surface area contributed by atoms with E-state index in [1.807, 2.05) is 42.5 Å². The number of hydrogen-bond acceptors (Lipinski definition) is 4. The van der Waals surface area contributed by atoms with Crippen LogP contribution in [-0.2, 0) is 45.4 Å². The lowest BCUT2D eigenvalue weighted by atomic mass is 9.95. The molecule has 0 aliphatic carbocycles. The van der Waals surface area contributed by atoms with Crippen molar-refractivity contribution >= 4 is 8.07 Å². The molecule has 0 bridgehead atoms. The van der Waals surface area contributed by atoms with Crippen LogP contribution in [-0.4, -0.2) is 33.0 Å². The number of benzene rings is 4. The molecule has 0 fully saturated rings. The molecule has 4 rings (SSSR count). The smallest absolute Gasteiger partial charge is 0.114 e. The summed E-state index contributed by atoms with van der Waals surface area (Å²) in [7, 11) is -1.61. The van der Waals surface area contributed by atoms with Crippen LogP contribution < -0.4 is 0 Å². The molecule has 4 atom stereocenters. The van der Waals surface area contributed by atoms with Crippen LogP contribution in [0.1, 0.15) is 43.0 Å². The van der Waals surface area contributed by atoms with Crippen molar-refractivity contribution in [2.75, 3.05) is 6.61 Å². The first-order chi connectivity index (χ1) is 23.1. The van der Waals surface area contributed by atoms with Gasteiger partial charge in [-0.05, 0) is 28.3 Å². The lowest BCUT2D eigenvalue weighted by Crippen LogP contribution is -2.49. The fourth-order valence-electron chi connectivity index (χ4n) is 6.38. The van der Waals surface area contributed by atoms with Crippen LogP contribution in [0, 0.1) is 5.92 Å². The van der Waals surface area contributed by atoms with Gasteiger partial charge in [-0.2, -0.15) is 0 Å². The van der Waals surface area contributed by atoms with E-state index in [1.165, 1.54) is 23.7 Å². The maximum absolute atomic E-state index is 7.05. The maximum atomic E-state index is 7.05. The van der Waals surface area contributed by atoms with Crippen molar-refractivity contribution in [1.82, 2.24) is 0 Å². The summed E-state index contributed by atoms with van der Waals surface area (Å²) < 4.78 is 27.2. The Morgan fingerprint density at radius 2 is 0.915 bits per heavy atom. The molecular formula is C42H54O4Si. The molecule has 0 saturated carbocycles. The van der Waals surface area contributed by atoms with Crippen LogP contribution in [0.3, 0.4) is 0 Å². The molecule has 0 heterocycles. The Balaban J connectivity index is 1.71. The number of hydrogen-bond donors (Lipinski definition) is 0. The third kappa shape index (κ3) is 11.7. The zero-order valence-electron chi connectivity index (χ0n) is 28.6. The highest BCUT2D eigenvalue weighted by molar-refractivity contribution is 6.79. The second-order valence-corrected chi connectivity index (χ2v) is 18.1. The minimum Gasteiger partial charge on any atom is -0.376 e. The van der Waals surface area contributed by atoms with Crippen molar-refractivity contribution in [3.63, 3.8) is 0 Å². The van der Waals surface area contributed by atoms with E-state index in [1.54, 1.807) is 0 Å². The highest BCUT2D eigenvalue weighted by Gasteiger charge is 2.41. The summed E-state index contributed by atoms with van der Waals surface area (Å²) in [6.07, 6.45) is 0.814. The minimum absolute atomic E-state index is 0.109. The molecule has 4 nitrogen and oxygen atoms in total. The Bertz CT molecular complexity index is 1370. The Labute approximate surface area is 284 Å². The SMILES string of the molecule is C=C[C@H](OCc1ccccc1)[C@H](OCc1ccccc1)[C@H](OCc1ccccc1)[C@@H](COCc1ccccc1)C[Si](CC)(CC)CC. The zero-order valence-corrected chi connectivity index (χ0v) is 29.6. The van der Waals surface area contributed by atoms with E-state index in [-0.39, 0.29) is 12.0 Å². The third-order valence-corrected chi connectivity index (χ3v) is 15.5. The Morgan fingerprint density at radius 3 is 1.32 bits per heavy atom. The highest BCUT2D eigenvalue weighted by Crippen LogP contribution is 2.35. The van der Waals surface area contributed by atoms with E-state index in [0.29, 0.717) is 33.0 Å². The predicted octanol–water partition coefficient (Wildman–Crippen LogP) is 10.3. The Morgan fingerprint density at radius 1 is 0.532 bits per heavy atom. The summed E-state index contributed by atoms with van der Waals surface area (Å²) in [5.41, 5.74) is 4.53. The lowest BCUT2D eigenvalue weighted by molar-refractivity contribution is -0.159. The van der Waals surface area contributed by atoms with Crippen LogP contribution in [0.15, 0.2) is 134 Å². The first-order valence-corrected chi connectivity index (χ1v) is 20.1. The Kier molecular flexibility index (Phi) is 15.6. The van der Waals surface area contributed by atoms with Crippen LogP contribution in [0.4, 0.5) is 0 Å². The summed E-state index contributed by atoms with van der Waals surface area (Å²) in [5.74, 6) is 0.109. The molecular weight excluding hydrogens is 597 g/mol. The molecule has 0 N–H and O–H groups in total. The lowest BCUT2D eigenvalue weighted by Gasteiger charge is -2.40. The second kappa shape index (κ2) is 20.1. The van der Waals surface area contributed by atoms with Gasteiger partial charge >= 0.3 is 0 Å². The van der Waals surface area contributed by atoms with E-state index in [4.69, 9.17) is 18.9 Å². The Hall–Kier alpha value is -3.32. The molecule has 4 aromatic rings. The first kappa shape index (κ1) is 36.5. The average molecular weight is 651 g/mol. The molecule has 0 aromatic heterocycles. The van der Waals surface area contributed by atoms with Crippen LogP contribution >= 0.6 is 0 Å². The quantitative estimate of drug-likeness (QED) is 0.0627. The zero-order chi connectivity index (χ0) is 33.2. The molecule has 0 aliphatic heterocycles. The van der Waals surface area contributed by atoms with E-state index in [9.17, 15) is 0 Å². The summed E-state index contributed by atoms with van der Waals surface area (Å²) >= 11 is 0. The van der Waals surface area contributed by atoms with Gasteiger partial charge in [0, 0.05) is 5.92 Å². The standard InChI is InChI=1S/C42H54O4Si/c1-5-40(44-30-36-23-15-10-16-24-36)42(46-32-38-27-19-12-20-28-38)41(45-31-37-25-17-11-18-26-37)39(34-47(6-2,7-3)8-4)33-43-29-35-21-13-9-14-22-35/h5,9-28,39-42H,1,6-8,29-34H2,2-4H3/t39-,40-,41+,42-/m0/s1. The van der Waals surface area contributed by atoms with Crippen molar-refractivity contribution in [1.29, 1.82) is 0 Å². The van der Waals surface area contributed by atoms with Gasteiger partial charge in [0.25, 0.3) is 0 Å². The summed E-state index contributed by atoms with van der Waals surface area (Å²) in [4.78, 5) is 0. The highest BCUT2D eigenvalue weighted by atomic mass is 28.3. The average Bonchev–Trinajstić information content (AvgIpc) is 3.14. The molecule has 4 aromatic carbocycles. The van der Waals surface area contributed by atoms with E-state index in [2.05, 4.69) is 112 Å². The van der Waals surface area contributed by atoms with Gasteiger partial charge in [0.1, 0.15) is 12.2 Å². The molecule has 47 heavy (non-hydrogen) atoms. The fourth-order valence-corrected chi connectivity index (χ4v) is 10.2. The van der Waals surface area contributed by atoms with Gasteiger partial charge in [0.2, 0.25) is 0 Å². The first-order valence-electron chi connectivity index (χ1n) is 17.3. The normalized spacial score (nSPS) is 14.3. The third-order valence-electron chi connectivity index (χ3n) is 9.59.